The number of carbonyl (C=O) groups excluding carboxylic acids is 3. The standard InChI is InChI=1S/C32H33F2N7O5/c1-18(2)32-37-30(38-46-32)20-6-8-39(9-7-20)31-24-14-22(33)13-23(29(24)35-17-36-31)21-4-5-26(25(34)12-21)41-11-10-40(15-27(41)43)28(44)16-45-19(3)42/h4-5,12-14,17-18,20H,6-11,15-16H2,1-3H3. The van der Waals surface area contributed by atoms with E-state index in [4.69, 9.17) is 9.26 Å². The monoisotopic (exact) mass is 633 g/mol. The van der Waals surface area contributed by atoms with E-state index in [0.29, 0.717) is 52.7 Å². The van der Waals surface area contributed by atoms with E-state index in [1.54, 1.807) is 6.07 Å². The second-order valence-electron chi connectivity index (χ2n) is 11.8. The van der Waals surface area contributed by atoms with Gasteiger partial charge >= 0.3 is 5.97 Å². The minimum atomic E-state index is -0.679. The topological polar surface area (TPSA) is 135 Å². The molecular weight excluding hydrogens is 600 g/mol. The number of amides is 2. The number of hydrogen-bond acceptors (Lipinski definition) is 10. The number of nitrogens with zero attached hydrogens (tertiary/aromatic N) is 7. The maximum atomic E-state index is 15.6. The molecule has 0 unspecified atom stereocenters. The molecule has 0 saturated carbocycles. The number of rotatable bonds is 7. The Bertz CT molecular complexity index is 1800. The number of hydrogen-bond donors (Lipinski definition) is 0. The molecule has 2 fully saturated rings. The van der Waals surface area contributed by atoms with Crippen molar-refractivity contribution < 1.29 is 32.4 Å². The van der Waals surface area contributed by atoms with Gasteiger partial charge in [0.2, 0.25) is 11.8 Å². The Morgan fingerprint density at radius 3 is 2.52 bits per heavy atom. The van der Waals surface area contributed by atoms with Crippen molar-refractivity contribution >= 4 is 40.2 Å². The largest absolute Gasteiger partial charge is 0.456 e. The lowest BCUT2D eigenvalue weighted by molar-refractivity contribution is -0.151. The Hall–Kier alpha value is -5.01. The normalized spacial score (nSPS) is 16.0. The van der Waals surface area contributed by atoms with Gasteiger partial charge in [-0.1, -0.05) is 25.1 Å². The van der Waals surface area contributed by atoms with Crippen molar-refractivity contribution in [2.45, 2.75) is 45.4 Å². The zero-order valence-corrected chi connectivity index (χ0v) is 25.7. The number of benzene rings is 2. The number of aromatic nitrogens is 4. The Morgan fingerprint density at radius 2 is 1.85 bits per heavy atom. The Labute approximate surface area is 263 Å². The molecule has 2 aliphatic rings. The van der Waals surface area contributed by atoms with Gasteiger partial charge in [0.25, 0.3) is 5.91 Å². The van der Waals surface area contributed by atoms with Crippen LogP contribution in [0.25, 0.3) is 22.0 Å². The van der Waals surface area contributed by atoms with Gasteiger partial charge in [-0.05, 0) is 42.7 Å². The fourth-order valence-corrected chi connectivity index (χ4v) is 5.88. The van der Waals surface area contributed by atoms with Crippen LogP contribution in [0.15, 0.2) is 41.2 Å². The van der Waals surface area contributed by atoms with E-state index in [1.807, 2.05) is 13.8 Å². The minimum absolute atomic E-state index is 0.0434. The summed E-state index contributed by atoms with van der Waals surface area (Å²) in [5.74, 6) is -0.585. The number of ether oxygens (including phenoxy) is 1. The van der Waals surface area contributed by atoms with Crippen molar-refractivity contribution in [3.05, 3.63) is 60.0 Å². The lowest BCUT2D eigenvalue weighted by Crippen LogP contribution is -2.53. The third-order valence-electron chi connectivity index (χ3n) is 8.32. The first-order chi connectivity index (χ1) is 22.1. The number of piperazine rings is 1. The number of fused-ring (bicyclic) bond motifs is 1. The Kier molecular flexibility index (Phi) is 8.61. The second kappa shape index (κ2) is 12.8. The van der Waals surface area contributed by atoms with Gasteiger partial charge in [0.1, 0.15) is 30.3 Å². The van der Waals surface area contributed by atoms with E-state index in [1.165, 1.54) is 47.3 Å². The van der Waals surface area contributed by atoms with Gasteiger partial charge in [-0.3, -0.25) is 14.4 Å². The molecular formula is C32H33F2N7O5. The van der Waals surface area contributed by atoms with E-state index in [-0.39, 0.29) is 37.2 Å². The SMILES string of the molecule is CC(=O)OCC(=O)N1CCN(c2ccc(-c3cc(F)cc4c(N5CCC(c6noc(C(C)C)n6)CC5)ncnc34)cc2F)C(=O)C1. The molecule has 0 aliphatic carbocycles. The van der Waals surface area contributed by atoms with Crippen molar-refractivity contribution in [1.29, 1.82) is 0 Å². The fraction of sp³-hybridized carbons (Fsp3) is 0.406. The van der Waals surface area contributed by atoms with Crippen molar-refractivity contribution in [1.82, 2.24) is 25.0 Å². The van der Waals surface area contributed by atoms with Gasteiger partial charge in [-0.15, -0.1) is 0 Å². The average Bonchev–Trinajstić information content (AvgIpc) is 3.54. The Morgan fingerprint density at radius 1 is 1.07 bits per heavy atom. The molecule has 6 rings (SSSR count). The summed E-state index contributed by atoms with van der Waals surface area (Å²) in [5, 5.41) is 4.68. The van der Waals surface area contributed by atoms with Crippen LogP contribution in [0.1, 0.15) is 57.2 Å². The summed E-state index contributed by atoms with van der Waals surface area (Å²) in [7, 11) is 0. The molecule has 2 aliphatic heterocycles. The van der Waals surface area contributed by atoms with Crippen molar-refractivity contribution in [2.24, 2.45) is 0 Å². The molecule has 4 aromatic rings. The van der Waals surface area contributed by atoms with Crippen LogP contribution < -0.4 is 9.80 Å². The highest BCUT2D eigenvalue weighted by atomic mass is 19.1. The first-order valence-corrected chi connectivity index (χ1v) is 15.1. The van der Waals surface area contributed by atoms with Crippen LogP contribution in [0.2, 0.25) is 0 Å². The summed E-state index contributed by atoms with van der Waals surface area (Å²) in [6, 6.07) is 7.02. The van der Waals surface area contributed by atoms with Gasteiger partial charge in [0, 0.05) is 55.9 Å². The van der Waals surface area contributed by atoms with Crippen LogP contribution in [-0.2, 0) is 19.1 Å². The molecule has 2 saturated heterocycles. The molecule has 0 N–H and O–H groups in total. The summed E-state index contributed by atoms with van der Waals surface area (Å²) in [6.45, 7) is 5.95. The highest BCUT2D eigenvalue weighted by Gasteiger charge is 2.31. The molecule has 0 spiro atoms. The summed E-state index contributed by atoms with van der Waals surface area (Å²) in [5.41, 5.74) is 1.28. The van der Waals surface area contributed by atoms with Crippen LogP contribution >= 0.6 is 0 Å². The summed E-state index contributed by atoms with van der Waals surface area (Å²) in [4.78, 5) is 54.2. The lowest BCUT2D eigenvalue weighted by Gasteiger charge is -2.34. The van der Waals surface area contributed by atoms with E-state index in [2.05, 4.69) is 25.0 Å². The van der Waals surface area contributed by atoms with Crippen molar-refractivity contribution in [3.8, 4) is 11.1 Å². The van der Waals surface area contributed by atoms with Crippen LogP contribution in [0.5, 0.6) is 0 Å². The van der Waals surface area contributed by atoms with Crippen LogP contribution in [0.3, 0.4) is 0 Å². The molecule has 2 aromatic heterocycles. The van der Waals surface area contributed by atoms with Gasteiger partial charge in [-0.2, -0.15) is 4.98 Å². The zero-order chi connectivity index (χ0) is 32.5. The molecule has 2 aromatic carbocycles. The first-order valence-electron chi connectivity index (χ1n) is 15.1. The van der Waals surface area contributed by atoms with Crippen LogP contribution in [-0.4, -0.2) is 82.1 Å². The van der Waals surface area contributed by atoms with Gasteiger partial charge in [0.15, 0.2) is 12.4 Å². The van der Waals surface area contributed by atoms with Gasteiger partial charge in [0.05, 0.1) is 11.2 Å². The first kappa shape index (κ1) is 31.0. The molecule has 4 heterocycles. The predicted molar refractivity (Wildman–Crippen MR) is 163 cm³/mol. The van der Waals surface area contributed by atoms with Gasteiger partial charge < -0.3 is 24.0 Å². The van der Waals surface area contributed by atoms with Crippen LogP contribution in [0, 0.1) is 11.6 Å². The van der Waals surface area contributed by atoms with E-state index >= 15 is 8.78 Å². The second-order valence-corrected chi connectivity index (χ2v) is 11.8. The summed E-state index contributed by atoms with van der Waals surface area (Å²) in [6.07, 6.45) is 2.96. The predicted octanol–water partition coefficient (Wildman–Crippen LogP) is 4.20. The van der Waals surface area contributed by atoms with E-state index < -0.39 is 36.0 Å². The molecule has 12 nitrogen and oxygen atoms in total. The van der Waals surface area contributed by atoms with Crippen molar-refractivity contribution in [3.63, 3.8) is 0 Å². The number of esters is 1. The fourth-order valence-electron chi connectivity index (χ4n) is 5.88. The third-order valence-corrected chi connectivity index (χ3v) is 8.32. The summed E-state index contributed by atoms with van der Waals surface area (Å²) < 4.78 is 40.8. The molecule has 2 amide bonds. The zero-order valence-electron chi connectivity index (χ0n) is 25.7. The molecule has 46 heavy (non-hydrogen) atoms. The molecule has 14 heteroatoms. The molecule has 0 radical (unpaired) electrons. The highest BCUT2D eigenvalue weighted by Crippen LogP contribution is 2.37. The summed E-state index contributed by atoms with van der Waals surface area (Å²) >= 11 is 0. The molecule has 240 valence electrons. The maximum absolute atomic E-state index is 15.6. The molecule has 0 atom stereocenters. The van der Waals surface area contributed by atoms with Crippen LogP contribution in [0.4, 0.5) is 20.3 Å². The number of halogens is 2. The Balaban J connectivity index is 1.21. The maximum Gasteiger partial charge on any atom is 0.303 e. The minimum Gasteiger partial charge on any atom is -0.456 e. The third kappa shape index (κ3) is 6.24. The number of piperidine rings is 1. The number of anilines is 2. The van der Waals surface area contributed by atoms with E-state index in [9.17, 15) is 14.4 Å². The van der Waals surface area contributed by atoms with Crippen molar-refractivity contribution in [2.75, 3.05) is 49.1 Å². The highest BCUT2D eigenvalue weighted by molar-refractivity contribution is 6.01. The lowest BCUT2D eigenvalue weighted by atomic mass is 9.95. The smallest absolute Gasteiger partial charge is 0.303 e. The quantitative estimate of drug-likeness (QED) is 0.273. The van der Waals surface area contributed by atoms with Gasteiger partial charge in [-0.25, -0.2) is 18.7 Å². The number of carbonyl (C=O) groups is 3. The molecule has 0 bridgehead atoms. The average molecular weight is 634 g/mol. The van der Waals surface area contributed by atoms with E-state index in [0.717, 1.165) is 12.8 Å².